The summed E-state index contributed by atoms with van der Waals surface area (Å²) in [6.07, 6.45) is 6.70. The van der Waals surface area contributed by atoms with Gasteiger partial charge in [-0.05, 0) is 19.3 Å². The molecule has 1 saturated heterocycles. The highest BCUT2D eigenvalue weighted by atomic mass is 16.2. The molecule has 17 heavy (non-hydrogen) atoms. The summed E-state index contributed by atoms with van der Waals surface area (Å²) in [5.41, 5.74) is 5.70. The number of aromatic nitrogens is 2. The van der Waals surface area contributed by atoms with Crippen molar-refractivity contribution in [3.05, 3.63) is 24.3 Å². The second kappa shape index (κ2) is 4.90. The number of carbonyl (C=O) groups is 2. The molecule has 2 N–H and O–H groups in total. The molecule has 1 aliphatic rings. The van der Waals surface area contributed by atoms with Crippen molar-refractivity contribution < 1.29 is 9.59 Å². The number of likely N-dealkylation sites (tertiary alicyclic amines) is 1. The van der Waals surface area contributed by atoms with Crippen LogP contribution in [0.15, 0.2) is 18.7 Å². The van der Waals surface area contributed by atoms with Gasteiger partial charge in [0.15, 0.2) is 0 Å². The third-order valence-corrected chi connectivity index (χ3v) is 2.90. The number of nitrogens with zero attached hydrogens (tertiary/aromatic N) is 3. The maximum Gasteiger partial charge on any atom is 0.257 e. The van der Waals surface area contributed by atoms with Gasteiger partial charge in [0.1, 0.15) is 12.4 Å². The fourth-order valence-electron chi connectivity index (χ4n) is 2.05. The van der Waals surface area contributed by atoms with E-state index in [1.165, 1.54) is 23.6 Å². The van der Waals surface area contributed by atoms with Crippen molar-refractivity contribution >= 4 is 11.8 Å². The van der Waals surface area contributed by atoms with Gasteiger partial charge in [-0.3, -0.25) is 9.59 Å². The minimum atomic E-state index is -0.503. The lowest BCUT2D eigenvalue weighted by Crippen LogP contribution is -2.50. The van der Waals surface area contributed by atoms with E-state index in [2.05, 4.69) is 9.97 Å². The first kappa shape index (κ1) is 11.5. The predicted molar refractivity (Wildman–Crippen MR) is 59.9 cm³/mol. The maximum atomic E-state index is 12.2. The Labute approximate surface area is 98.8 Å². The molecule has 1 fully saturated rings. The molecule has 0 aliphatic carbocycles. The Kier molecular flexibility index (Phi) is 3.32. The molecule has 0 saturated carbocycles. The zero-order valence-electron chi connectivity index (χ0n) is 9.37. The fourth-order valence-corrected chi connectivity index (χ4v) is 2.05. The average molecular weight is 234 g/mol. The van der Waals surface area contributed by atoms with Crippen molar-refractivity contribution in [2.45, 2.75) is 25.3 Å². The number of amides is 2. The number of nitrogens with two attached hydrogens (primary N) is 1. The van der Waals surface area contributed by atoms with E-state index in [1.54, 1.807) is 0 Å². The molecule has 1 aromatic heterocycles. The molecule has 1 aromatic rings. The van der Waals surface area contributed by atoms with Crippen molar-refractivity contribution in [2.75, 3.05) is 6.54 Å². The topological polar surface area (TPSA) is 89.2 Å². The summed E-state index contributed by atoms with van der Waals surface area (Å²) in [5.74, 6) is -0.677. The van der Waals surface area contributed by atoms with Crippen LogP contribution in [0, 0.1) is 0 Å². The number of rotatable bonds is 2. The predicted octanol–water partition coefficient (Wildman–Crippen LogP) is -0.0434. The van der Waals surface area contributed by atoms with Gasteiger partial charge in [0.05, 0.1) is 5.56 Å². The van der Waals surface area contributed by atoms with Crippen LogP contribution in [-0.4, -0.2) is 39.3 Å². The highest BCUT2D eigenvalue weighted by Crippen LogP contribution is 2.18. The molecule has 0 radical (unpaired) electrons. The number of hydrogen-bond acceptors (Lipinski definition) is 4. The van der Waals surface area contributed by atoms with Gasteiger partial charge >= 0.3 is 0 Å². The highest BCUT2D eigenvalue weighted by molar-refractivity contribution is 5.96. The molecule has 0 aromatic carbocycles. The summed E-state index contributed by atoms with van der Waals surface area (Å²) in [4.78, 5) is 32.6. The lowest BCUT2D eigenvalue weighted by Gasteiger charge is -2.33. The Hall–Kier alpha value is -1.98. The van der Waals surface area contributed by atoms with Crippen molar-refractivity contribution in [3.8, 4) is 0 Å². The Morgan fingerprint density at radius 2 is 2.00 bits per heavy atom. The van der Waals surface area contributed by atoms with Crippen molar-refractivity contribution in [3.63, 3.8) is 0 Å². The van der Waals surface area contributed by atoms with E-state index in [4.69, 9.17) is 5.73 Å². The molecular weight excluding hydrogens is 220 g/mol. The molecule has 0 spiro atoms. The molecule has 2 rings (SSSR count). The minimum absolute atomic E-state index is 0.228. The van der Waals surface area contributed by atoms with Gasteiger partial charge < -0.3 is 10.6 Å². The van der Waals surface area contributed by atoms with Crippen LogP contribution >= 0.6 is 0 Å². The van der Waals surface area contributed by atoms with Crippen LogP contribution in [-0.2, 0) is 4.79 Å². The van der Waals surface area contributed by atoms with Crippen LogP contribution in [0.5, 0.6) is 0 Å². The molecule has 1 atom stereocenters. The van der Waals surface area contributed by atoms with Gasteiger partial charge in [0, 0.05) is 18.9 Å². The minimum Gasteiger partial charge on any atom is -0.368 e. The number of hydrogen-bond donors (Lipinski definition) is 1. The highest BCUT2D eigenvalue weighted by Gasteiger charge is 2.31. The summed E-state index contributed by atoms with van der Waals surface area (Å²) in [7, 11) is 0. The van der Waals surface area contributed by atoms with Crippen LogP contribution in [0.4, 0.5) is 0 Å². The molecule has 6 heteroatoms. The molecular formula is C11H14N4O2. The SMILES string of the molecule is NC(=O)[C@H]1CCCCN1C(=O)c1cncnc1. The van der Waals surface area contributed by atoms with Crippen LogP contribution < -0.4 is 5.73 Å². The normalized spacial score (nSPS) is 20.0. The average Bonchev–Trinajstić information content (AvgIpc) is 2.39. The van der Waals surface area contributed by atoms with E-state index in [1.807, 2.05) is 0 Å². The van der Waals surface area contributed by atoms with Crippen molar-refractivity contribution in [2.24, 2.45) is 5.73 Å². The molecule has 6 nitrogen and oxygen atoms in total. The lowest BCUT2D eigenvalue weighted by atomic mass is 10.0. The first-order valence-electron chi connectivity index (χ1n) is 5.55. The summed E-state index contributed by atoms with van der Waals surface area (Å²) in [6, 6.07) is -0.503. The maximum absolute atomic E-state index is 12.2. The molecule has 2 heterocycles. The van der Waals surface area contributed by atoms with Crippen LogP contribution in [0.3, 0.4) is 0 Å². The third-order valence-electron chi connectivity index (χ3n) is 2.90. The number of primary amides is 1. The molecule has 90 valence electrons. The van der Waals surface area contributed by atoms with Gasteiger partial charge in [-0.25, -0.2) is 9.97 Å². The lowest BCUT2D eigenvalue weighted by molar-refractivity contribution is -0.123. The summed E-state index contributed by atoms with van der Waals surface area (Å²) in [6.45, 7) is 0.557. The van der Waals surface area contributed by atoms with Crippen LogP contribution in [0.2, 0.25) is 0 Å². The van der Waals surface area contributed by atoms with Gasteiger partial charge in [0.25, 0.3) is 5.91 Å². The summed E-state index contributed by atoms with van der Waals surface area (Å²) in [5, 5.41) is 0. The summed E-state index contributed by atoms with van der Waals surface area (Å²) < 4.78 is 0. The standard InChI is InChI=1S/C11H14N4O2/c12-10(16)9-3-1-2-4-15(9)11(17)8-5-13-7-14-6-8/h5-7,9H,1-4H2,(H2,12,16)/t9-/m1/s1. The van der Waals surface area contributed by atoms with E-state index in [0.29, 0.717) is 18.5 Å². The smallest absolute Gasteiger partial charge is 0.257 e. The van der Waals surface area contributed by atoms with Crippen molar-refractivity contribution in [1.82, 2.24) is 14.9 Å². The van der Waals surface area contributed by atoms with E-state index >= 15 is 0 Å². The largest absolute Gasteiger partial charge is 0.368 e. The van der Waals surface area contributed by atoms with Gasteiger partial charge in [-0.15, -0.1) is 0 Å². The second-order valence-electron chi connectivity index (χ2n) is 4.04. The van der Waals surface area contributed by atoms with Crippen molar-refractivity contribution in [1.29, 1.82) is 0 Å². The molecule has 2 amide bonds. The monoisotopic (exact) mass is 234 g/mol. The van der Waals surface area contributed by atoms with E-state index in [-0.39, 0.29) is 5.91 Å². The second-order valence-corrected chi connectivity index (χ2v) is 4.04. The number of piperidine rings is 1. The fraction of sp³-hybridized carbons (Fsp3) is 0.455. The Balaban J connectivity index is 2.20. The van der Waals surface area contributed by atoms with Gasteiger partial charge in [0.2, 0.25) is 5.91 Å². The zero-order chi connectivity index (χ0) is 12.3. The third kappa shape index (κ3) is 2.41. The Morgan fingerprint density at radius 1 is 1.29 bits per heavy atom. The first-order chi connectivity index (χ1) is 8.20. The van der Waals surface area contributed by atoms with Gasteiger partial charge in [-0.2, -0.15) is 0 Å². The first-order valence-corrected chi connectivity index (χ1v) is 5.55. The quantitative estimate of drug-likeness (QED) is 0.777. The van der Waals surface area contributed by atoms with Crippen LogP contribution in [0.1, 0.15) is 29.6 Å². The Bertz CT molecular complexity index is 421. The molecule has 0 unspecified atom stereocenters. The molecule has 0 bridgehead atoms. The Morgan fingerprint density at radius 3 is 2.65 bits per heavy atom. The van der Waals surface area contributed by atoms with E-state index < -0.39 is 11.9 Å². The summed E-state index contributed by atoms with van der Waals surface area (Å²) >= 11 is 0. The van der Waals surface area contributed by atoms with E-state index in [9.17, 15) is 9.59 Å². The van der Waals surface area contributed by atoms with Gasteiger partial charge in [-0.1, -0.05) is 0 Å². The zero-order valence-corrected chi connectivity index (χ0v) is 9.37. The molecule has 1 aliphatic heterocycles. The number of carbonyl (C=O) groups excluding carboxylic acids is 2. The van der Waals surface area contributed by atoms with Crippen LogP contribution in [0.25, 0.3) is 0 Å². The van der Waals surface area contributed by atoms with E-state index in [0.717, 1.165) is 12.8 Å².